The van der Waals surface area contributed by atoms with E-state index in [9.17, 15) is 9.59 Å². The second kappa shape index (κ2) is 3.76. The Balaban J connectivity index is 2.08. The third kappa shape index (κ3) is 1.50. The van der Waals surface area contributed by atoms with Crippen LogP contribution in [0.2, 0.25) is 0 Å². The van der Waals surface area contributed by atoms with E-state index in [1.165, 1.54) is 6.33 Å². The van der Waals surface area contributed by atoms with Gasteiger partial charge in [-0.25, -0.2) is 0 Å². The molecule has 1 aliphatic heterocycles. The normalized spacial score (nSPS) is 18.4. The van der Waals surface area contributed by atoms with Crippen LogP contribution in [0, 0.1) is 6.92 Å². The monoisotopic (exact) mass is 242 g/mol. The lowest BCUT2D eigenvalue weighted by molar-refractivity contribution is -0.117. The topological polar surface area (TPSA) is 76.9 Å². The van der Waals surface area contributed by atoms with Crippen molar-refractivity contribution in [3.63, 3.8) is 0 Å². The molecule has 1 N–H and O–H groups in total. The van der Waals surface area contributed by atoms with Crippen molar-refractivity contribution in [1.82, 2.24) is 14.8 Å². The maximum absolute atomic E-state index is 12.2. The molecule has 2 heterocycles. The van der Waals surface area contributed by atoms with E-state index in [0.717, 1.165) is 10.2 Å². The van der Waals surface area contributed by atoms with Crippen molar-refractivity contribution in [3.05, 3.63) is 41.7 Å². The smallest absolute Gasteiger partial charge is 0.267 e. The van der Waals surface area contributed by atoms with E-state index in [0.29, 0.717) is 5.56 Å². The summed E-state index contributed by atoms with van der Waals surface area (Å²) in [5, 5.41) is 6.38. The van der Waals surface area contributed by atoms with E-state index in [4.69, 9.17) is 0 Å². The van der Waals surface area contributed by atoms with Gasteiger partial charge in [-0.3, -0.25) is 14.9 Å². The first-order valence-corrected chi connectivity index (χ1v) is 5.48. The van der Waals surface area contributed by atoms with Crippen molar-refractivity contribution < 1.29 is 9.59 Å². The molecule has 6 heteroatoms. The number of hydrogen-bond donors (Lipinski definition) is 1. The van der Waals surface area contributed by atoms with Crippen LogP contribution in [0.15, 0.2) is 30.6 Å². The maximum atomic E-state index is 12.2. The fourth-order valence-corrected chi connectivity index (χ4v) is 2.05. The number of nitrogens with zero attached hydrogens (tertiary/aromatic N) is 3. The number of carbonyl (C=O) groups is 2. The predicted octanol–water partition coefficient (Wildman–Crippen LogP) is 0.963. The molecule has 0 radical (unpaired) electrons. The van der Waals surface area contributed by atoms with Crippen LogP contribution < -0.4 is 5.32 Å². The highest BCUT2D eigenvalue weighted by atomic mass is 16.2. The van der Waals surface area contributed by atoms with E-state index in [1.807, 2.05) is 25.1 Å². The summed E-state index contributed by atoms with van der Waals surface area (Å²) < 4.78 is 1.12. The van der Waals surface area contributed by atoms with Crippen LogP contribution in [0.25, 0.3) is 0 Å². The molecule has 90 valence electrons. The number of carbonyl (C=O) groups excluding carboxylic acids is 2. The molecule has 6 nitrogen and oxygen atoms in total. The number of rotatable bonds is 1. The SMILES string of the molecule is Cc1cccc(C2C(=O)Nc3ncnn3C2=O)c1. The first-order chi connectivity index (χ1) is 8.66. The first kappa shape index (κ1) is 10.6. The van der Waals surface area contributed by atoms with Gasteiger partial charge in [-0.05, 0) is 12.5 Å². The number of amides is 1. The van der Waals surface area contributed by atoms with Crippen LogP contribution in [-0.4, -0.2) is 26.6 Å². The van der Waals surface area contributed by atoms with Gasteiger partial charge in [0.15, 0.2) is 0 Å². The van der Waals surface area contributed by atoms with E-state index < -0.39 is 5.92 Å². The molecule has 0 saturated carbocycles. The number of nitrogens with one attached hydrogen (secondary N) is 1. The summed E-state index contributed by atoms with van der Waals surface area (Å²) in [5.41, 5.74) is 1.66. The van der Waals surface area contributed by atoms with Gasteiger partial charge in [0.05, 0.1) is 0 Å². The summed E-state index contributed by atoms with van der Waals surface area (Å²) in [6, 6.07) is 7.32. The molecule has 3 rings (SSSR count). The molecule has 1 aromatic heterocycles. The van der Waals surface area contributed by atoms with Gasteiger partial charge in [0.1, 0.15) is 12.2 Å². The Kier molecular flexibility index (Phi) is 2.22. The van der Waals surface area contributed by atoms with Crippen molar-refractivity contribution in [2.45, 2.75) is 12.8 Å². The molecule has 18 heavy (non-hydrogen) atoms. The fourth-order valence-electron chi connectivity index (χ4n) is 2.05. The number of fused-ring (bicyclic) bond motifs is 1. The summed E-state index contributed by atoms with van der Waals surface area (Å²) in [4.78, 5) is 28.0. The van der Waals surface area contributed by atoms with Gasteiger partial charge >= 0.3 is 0 Å². The average molecular weight is 242 g/mol. The zero-order valence-electron chi connectivity index (χ0n) is 9.62. The van der Waals surface area contributed by atoms with Gasteiger partial charge in [0, 0.05) is 0 Å². The lowest BCUT2D eigenvalue weighted by atomic mass is 9.95. The Morgan fingerprint density at radius 2 is 2.17 bits per heavy atom. The molecule has 1 unspecified atom stereocenters. The van der Waals surface area contributed by atoms with Crippen molar-refractivity contribution in [2.75, 3.05) is 5.32 Å². The van der Waals surface area contributed by atoms with Gasteiger partial charge in [-0.1, -0.05) is 29.8 Å². The Morgan fingerprint density at radius 1 is 1.33 bits per heavy atom. The molecular weight excluding hydrogens is 232 g/mol. The van der Waals surface area contributed by atoms with Crippen molar-refractivity contribution >= 4 is 17.8 Å². The van der Waals surface area contributed by atoms with Gasteiger partial charge in [0.2, 0.25) is 11.9 Å². The Labute approximate surface area is 103 Å². The quantitative estimate of drug-likeness (QED) is 0.756. The highest BCUT2D eigenvalue weighted by Crippen LogP contribution is 2.25. The summed E-state index contributed by atoms with van der Waals surface area (Å²) in [5.74, 6) is -1.43. The Morgan fingerprint density at radius 3 is 2.94 bits per heavy atom. The highest BCUT2D eigenvalue weighted by molar-refractivity contribution is 6.14. The summed E-state index contributed by atoms with van der Waals surface area (Å²) in [6.07, 6.45) is 1.24. The maximum Gasteiger partial charge on any atom is 0.267 e. The van der Waals surface area contributed by atoms with Crippen LogP contribution in [0.4, 0.5) is 5.95 Å². The van der Waals surface area contributed by atoms with Crippen LogP contribution in [0.3, 0.4) is 0 Å². The summed E-state index contributed by atoms with van der Waals surface area (Å²) >= 11 is 0. The molecular formula is C12H10N4O2. The molecule has 1 aromatic carbocycles. The van der Waals surface area contributed by atoms with Gasteiger partial charge < -0.3 is 0 Å². The zero-order chi connectivity index (χ0) is 12.7. The Hall–Kier alpha value is -2.50. The molecule has 0 aliphatic carbocycles. The fraction of sp³-hybridized carbons (Fsp3) is 0.167. The molecule has 0 saturated heterocycles. The third-order valence-corrected chi connectivity index (χ3v) is 2.88. The molecule has 1 amide bonds. The minimum atomic E-state index is -0.862. The van der Waals surface area contributed by atoms with Crippen molar-refractivity contribution in [1.29, 1.82) is 0 Å². The van der Waals surface area contributed by atoms with Crippen LogP contribution >= 0.6 is 0 Å². The number of hydrogen-bond acceptors (Lipinski definition) is 4. The summed E-state index contributed by atoms with van der Waals surface area (Å²) in [6.45, 7) is 1.91. The second-order valence-electron chi connectivity index (χ2n) is 4.17. The van der Waals surface area contributed by atoms with Gasteiger partial charge in [-0.15, -0.1) is 0 Å². The van der Waals surface area contributed by atoms with Crippen LogP contribution in [0.5, 0.6) is 0 Å². The van der Waals surface area contributed by atoms with Crippen LogP contribution in [-0.2, 0) is 4.79 Å². The lowest BCUT2D eigenvalue weighted by Gasteiger charge is -2.21. The largest absolute Gasteiger partial charge is 0.293 e. The molecule has 1 aliphatic rings. The number of aromatic nitrogens is 3. The van der Waals surface area contributed by atoms with Crippen LogP contribution in [0.1, 0.15) is 21.8 Å². The average Bonchev–Trinajstić information content (AvgIpc) is 2.77. The van der Waals surface area contributed by atoms with Gasteiger partial charge in [0.25, 0.3) is 5.91 Å². The number of aryl methyl sites for hydroxylation is 1. The first-order valence-electron chi connectivity index (χ1n) is 5.48. The third-order valence-electron chi connectivity index (χ3n) is 2.88. The highest BCUT2D eigenvalue weighted by Gasteiger charge is 2.36. The van der Waals surface area contributed by atoms with E-state index in [1.54, 1.807) is 6.07 Å². The standard InChI is InChI=1S/C12H10N4O2/c1-7-3-2-4-8(5-7)9-10(17)15-12-13-6-14-16(12)11(9)18/h2-6,9H,1H3,(H,13,14,15,17). The minimum absolute atomic E-state index is 0.175. The molecule has 1 atom stereocenters. The summed E-state index contributed by atoms with van der Waals surface area (Å²) in [7, 11) is 0. The van der Waals surface area contributed by atoms with E-state index in [-0.39, 0.29) is 17.8 Å². The van der Waals surface area contributed by atoms with Crippen molar-refractivity contribution in [2.24, 2.45) is 0 Å². The molecule has 0 fully saturated rings. The van der Waals surface area contributed by atoms with Gasteiger partial charge in [-0.2, -0.15) is 14.8 Å². The number of benzene rings is 1. The van der Waals surface area contributed by atoms with E-state index >= 15 is 0 Å². The molecule has 0 bridgehead atoms. The predicted molar refractivity (Wildman–Crippen MR) is 63.2 cm³/mol. The zero-order valence-corrected chi connectivity index (χ0v) is 9.62. The minimum Gasteiger partial charge on any atom is -0.293 e. The second-order valence-corrected chi connectivity index (χ2v) is 4.17. The lowest BCUT2D eigenvalue weighted by Crippen LogP contribution is -2.38. The van der Waals surface area contributed by atoms with E-state index in [2.05, 4.69) is 15.4 Å². The molecule has 2 aromatic rings. The molecule has 0 spiro atoms. The van der Waals surface area contributed by atoms with Crippen molar-refractivity contribution in [3.8, 4) is 0 Å². The number of anilines is 1. The Bertz CT molecular complexity index is 647.